The average molecular weight is 350 g/mol. The van der Waals surface area contributed by atoms with E-state index in [9.17, 15) is 0 Å². The summed E-state index contributed by atoms with van der Waals surface area (Å²) in [5.41, 5.74) is 4.90. The molecule has 0 spiro atoms. The molecule has 0 unspecified atom stereocenters. The number of guanidine groups is 1. The van der Waals surface area contributed by atoms with Crippen molar-refractivity contribution in [1.82, 2.24) is 15.6 Å². The number of hydrogen-bond acceptors (Lipinski definition) is 2. The van der Waals surface area contributed by atoms with Gasteiger partial charge in [0.25, 0.3) is 0 Å². The number of ether oxygens (including phenoxy) is 1. The molecule has 1 aromatic heterocycles. The number of aromatic nitrogens is 1. The second-order valence-corrected chi connectivity index (χ2v) is 6.16. The summed E-state index contributed by atoms with van der Waals surface area (Å²) in [5, 5.41) is 8.05. The molecule has 136 valence electrons. The summed E-state index contributed by atoms with van der Waals surface area (Å²) in [6.07, 6.45) is 3.02. The van der Waals surface area contributed by atoms with Crippen LogP contribution in [0.4, 0.5) is 0 Å². The minimum atomic E-state index is 0.616. The van der Waals surface area contributed by atoms with E-state index in [0.717, 1.165) is 18.9 Å². The predicted octanol–water partition coefficient (Wildman–Crippen LogP) is 3.22. The number of aliphatic imine (C=N–C) groups is 1. The van der Waals surface area contributed by atoms with Gasteiger partial charge in [0.1, 0.15) is 0 Å². The quantitative estimate of drug-likeness (QED) is 0.453. The Hall–Kier alpha value is -2.79. The van der Waals surface area contributed by atoms with Gasteiger partial charge in [0.2, 0.25) is 0 Å². The largest absolute Gasteiger partial charge is 0.380 e. The number of H-pyrrole nitrogens is 1. The van der Waals surface area contributed by atoms with Gasteiger partial charge in [-0.25, -0.2) is 0 Å². The van der Waals surface area contributed by atoms with Crippen molar-refractivity contribution in [3.8, 4) is 0 Å². The fraction of sp³-hybridized carbons (Fsp3) is 0.286. The number of para-hydroxylation sites is 1. The molecule has 3 N–H and O–H groups in total. The van der Waals surface area contributed by atoms with Gasteiger partial charge in [-0.15, -0.1) is 0 Å². The lowest BCUT2D eigenvalue weighted by molar-refractivity contribution is 0.184. The fourth-order valence-corrected chi connectivity index (χ4v) is 3.08. The second-order valence-electron chi connectivity index (χ2n) is 6.16. The molecule has 5 heteroatoms. The van der Waals surface area contributed by atoms with E-state index in [1.54, 1.807) is 14.2 Å². The Morgan fingerprint density at radius 3 is 2.58 bits per heavy atom. The van der Waals surface area contributed by atoms with E-state index in [4.69, 9.17) is 4.74 Å². The smallest absolute Gasteiger partial charge is 0.191 e. The van der Waals surface area contributed by atoms with Crippen LogP contribution in [0.3, 0.4) is 0 Å². The highest BCUT2D eigenvalue weighted by Gasteiger charge is 2.05. The highest BCUT2D eigenvalue weighted by Crippen LogP contribution is 2.17. The number of benzene rings is 2. The molecule has 1 heterocycles. The zero-order valence-electron chi connectivity index (χ0n) is 15.4. The van der Waals surface area contributed by atoms with Gasteiger partial charge in [-0.2, -0.15) is 0 Å². The molecule has 0 radical (unpaired) electrons. The van der Waals surface area contributed by atoms with Gasteiger partial charge in [0, 0.05) is 44.3 Å². The highest BCUT2D eigenvalue weighted by atomic mass is 16.5. The molecule has 0 aliphatic rings. The molecule has 0 atom stereocenters. The Morgan fingerprint density at radius 1 is 1.00 bits per heavy atom. The minimum absolute atomic E-state index is 0.616. The monoisotopic (exact) mass is 350 g/mol. The summed E-state index contributed by atoms with van der Waals surface area (Å²) in [4.78, 5) is 7.63. The van der Waals surface area contributed by atoms with Crippen LogP contribution in [0.15, 0.2) is 59.7 Å². The zero-order chi connectivity index (χ0) is 18.2. The van der Waals surface area contributed by atoms with E-state index in [2.05, 4.69) is 57.1 Å². The maximum atomic E-state index is 5.27. The van der Waals surface area contributed by atoms with Crippen LogP contribution < -0.4 is 10.6 Å². The van der Waals surface area contributed by atoms with Crippen LogP contribution in [-0.4, -0.2) is 31.6 Å². The topological polar surface area (TPSA) is 61.4 Å². The van der Waals surface area contributed by atoms with Crippen LogP contribution in [0.1, 0.15) is 16.7 Å². The highest BCUT2D eigenvalue weighted by molar-refractivity contribution is 5.83. The Labute approximate surface area is 154 Å². The molecule has 0 saturated heterocycles. The van der Waals surface area contributed by atoms with E-state index in [1.807, 2.05) is 18.2 Å². The number of hydrogen-bond donors (Lipinski definition) is 3. The molecular weight excluding hydrogens is 324 g/mol. The predicted molar refractivity (Wildman–Crippen MR) is 107 cm³/mol. The maximum absolute atomic E-state index is 5.27. The summed E-state index contributed by atoms with van der Waals surface area (Å²) < 4.78 is 5.27. The Balaban J connectivity index is 1.52. The molecule has 0 amide bonds. The van der Waals surface area contributed by atoms with Gasteiger partial charge >= 0.3 is 0 Å². The summed E-state index contributed by atoms with van der Waals surface area (Å²) in [6, 6.07) is 16.7. The first-order valence-electron chi connectivity index (χ1n) is 8.87. The van der Waals surface area contributed by atoms with Gasteiger partial charge < -0.3 is 20.4 Å². The average Bonchev–Trinajstić information content (AvgIpc) is 3.09. The van der Waals surface area contributed by atoms with Crippen molar-refractivity contribution < 1.29 is 4.74 Å². The standard InChI is InChI=1S/C21H26N4O/c1-22-21(25-13-16-7-3-4-8-18(16)15-26-2)23-12-11-17-14-24-20-10-6-5-9-19(17)20/h3-10,14,24H,11-13,15H2,1-2H3,(H2,22,23,25). The molecule has 0 saturated carbocycles. The Bertz CT molecular complexity index is 869. The van der Waals surface area contributed by atoms with Crippen molar-refractivity contribution in [2.45, 2.75) is 19.6 Å². The molecule has 26 heavy (non-hydrogen) atoms. The molecule has 0 aliphatic carbocycles. The van der Waals surface area contributed by atoms with Gasteiger partial charge in [0.15, 0.2) is 5.96 Å². The minimum Gasteiger partial charge on any atom is -0.380 e. The number of nitrogens with one attached hydrogen (secondary N) is 3. The third-order valence-corrected chi connectivity index (χ3v) is 4.45. The van der Waals surface area contributed by atoms with Crippen molar-refractivity contribution in [3.63, 3.8) is 0 Å². The van der Waals surface area contributed by atoms with E-state index in [0.29, 0.717) is 13.2 Å². The van der Waals surface area contributed by atoms with Crippen LogP contribution in [0, 0.1) is 0 Å². The van der Waals surface area contributed by atoms with Gasteiger partial charge in [-0.3, -0.25) is 4.99 Å². The van der Waals surface area contributed by atoms with Crippen molar-refractivity contribution in [2.75, 3.05) is 20.7 Å². The number of fused-ring (bicyclic) bond motifs is 1. The lowest BCUT2D eigenvalue weighted by Crippen LogP contribution is -2.38. The first kappa shape index (κ1) is 18.0. The van der Waals surface area contributed by atoms with Crippen LogP contribution in [0.25, 0.3) is 10.9 Å². The van der Waals surface area contributed by atoms with Crippen LogP contribution in [0.2, 0.25) is 0 Å². The summed E-state index contributed by atoms with van der Waals surface area (Å²) in [5.74, 6) is 0.803. The summed E-state index contributed by atoms with van der Waals surface area (Å²) in [7, 11) is 3.51. The number of nitrogens with zero attached hydrogens (tertiary/aromatic N) is 1. The second kappa shape index (κ2) is 9.06. The molecule has 2 aromatic carbocycles. The van der Waals surface area contributed by atoms with Crippen LogP contribution >= 0.6 is 0 Å². The molecule has 0 aliphatic heterocycles. The third kappa shape index (κ3) is 4.43. The molecule has 0 fully saturated rings. The van der Waals surface area contributed by atoms with Gasteiger partial charge in [0.05, 0.1) is 6.61 Å². The van der Waals surface area contributed by atoms with E-state index >= 15 is 0 Å². The molecule has 5 nitrogen and oxygen atoms in total. The SMILES string of the molecule is CN=C(NCCc1c[nH]c2ccccc12)NCc1ccccc1COC. The van der Waals surface area contributed by atoms with Gasteiger partial charge in [-0.05, 0) is 29.2 Å². The number of rotatable bonds is 7. The first-order chi connectivity index (χ1) is 12.8. The normalized spacial score (nSPS) is 11.7. The maximum Gasteiger partial charge on any atom is 0.191 e. The van der Waals surface area contributed by atoms with Crippen molar-refractivity contribution in [2.24, 2.45) is 4.99 Å². The fourth-order valence-electron chi connectivity index (χ4n) is 3.08. The summed E-state index contributed by atoms with van der Waals surface area (Å²) >= 11 is 0. The first-order valence-corrected chi connectivity index (χ1v) is 8.87. The molecular formula is C21H26N4O. The molecule has 0 bridgehead atoms. The third-order valence-electron chi connectivity index (χ3n) is 4.45. The Kier molecular flexibility index (Phi) is 6.28. The van der Waals surface area contributed by atoms with Crippen molar-refractivity contribution in [1.29, 1.82) is 0 Å². The molecule has 3 aromatic rings. The van der Waals surface area contributed by atoms with E-state index < -0.39 is 0 Å². The Morgan fingerprint density at radius 2 is 1.77 bits per heavy atom. The van der Waals surface area contributed by atoms with Gasteiger partial charge in [-0.1, -0.05) is 42.5 Å². The zero-order valence-corrected chi connectivity index (χ0v) is 15.4. The summed E-state index contributed by atoms with van der Waals surface area (Å²) in [6.45, 7) is 2.15. The van der Waals surface area contributed by atoms with E-state index in [-0.39, 0.29) is 0 Å². The van der Waals surface area contributed by atoms with Crippen molar-refractivity contribution >= 4 is 16.9 Å². The van der Waals surface area contributed by atoms with Crippen molar-refractivity contribution in [3.05, 3.63) is 71.4 Å². The van der Waals surface area contributed by atoms with Crippen LogP contribution in [-0.2, 0) is 24.3 Å². The number of aromatic amines is 1. The lowest BCUT2D eigenvalue weighted by Gasteiger charge is -2.14. The lowest BCUT2D eigenvalue weighted by atomic mass is 10.1. The van der Waals surface area contributed by atoms with E-state index in [1.165, 1.54) is 27.6 Å². The molecule has 3 rings (SSSR count). The van der Waals surface area contributed by atoms with Crippen LogP contribution in [0.5, 0.6) is 0 Å². The number of methoxy groups -OCH3 is 1.